The van der Waals surface area contributed by atoms with E-state index in [-0.39, 0.29) is 34.5 Å². The number of fused-ring (bicyclic) bond motifs is 2. The Morgan fingerprint density at radius 1 is 0.783 bits per heavy atom. The van der Waals surface area contributed by atoms with Crippen molar-refractivity contribution in [2.24, 2.45) is 0 Å². The molecule has 2 aliphatic heterocycles. The third-order valence-corrected chi connectivity index (χ3v) is 4.05. The molecule has 2 aliphatic rings. The van der Waals surface area contributed by atoms with Gasteiger partial charge in [-0.15, -0.1) is 0 Å². The van der Waals surface area contributed by atoms with Crippen molar-refractivity contribution in [1.82, 2.24) is 10.0 Å². The number of imide groups is 1. The van der Waals surface area contributed by atoms with Gasteiger partial charge in [0.25, 0.3) is 17.7 Å². The Morgan fingerprint density at radius 2 is 1.39 bits per heavy atom. The Kier molecular flexibility index (Phi) is 2.51. The fraction of sp³-hybridized carbons (Fsp3) is 0.0625. The van der Waals surface area contributed by atoms with E-state index in [0.29, 0.717) is 0 Å². The minimum Gasteiger partial charge on any atom is -0.504 e. The van der Waals surface area contributed by atoms with Crippen LogP contribution in [-0.4, -0.2) is 38.0 Å². The first-order chi connectivity index (χ1) is 11.0. The van der Waals surface area contributed by atoms with Crippen LogP contribution >= 0.6 is 0 Å². The van der Waals surface area contributed by atoms with Crippen molar-refractivity contribution in [1.29, 1.82) is 0 Å². The molecule has 0 atom stereocenters. The van der Waals surface area contributed by atoms with Crippen molar-refractivity contribution in [3.05, 3.63) is 58.7 Å². The molecule has 2 aromatic carbocycles. The van der Waals surface area contributed by atoms with Gasteiger partial charge in [0.2, 0.25) is 0 Å². The summed E-state index contributed by atoms with van der Waals surface area (Å²) in [5, 5.41) is 21.2. The third kappa shape index (κ3) is 1.61. The zero-order valence-corrected chi connectivity index (χ0v) is 11.7. The van der Waals surface area contributed by atoms with Crippen LogP contribution in [0.5, 0.6) is 11.5 Å². The molecule has 0 bridgehead atoms. The Balaban J connectivity index is 1.77. The van der Waals surface area contributed by atoms with Gasteiger partial charge in [0.1, 0.15) is 0 Å². The van der Waals surface area contributed by atoms with Crippen molar-refractivity contribution in [3.8, 4) is 11.5 Å². The second-order valence-corrected chi connectivity index (χ2v) is 5.29. The van der Waals surface area contributed by atoms with Crippen molar-refractivity contribution in [2.75, 3.05) is 0 Å². The number of carbonyl (C=O) groups excluding carboxylic acids is 3. The Hall–Kier alpha value is -3.35. The standard InChI is InChI=1S/C16H10N2O5/c19-12-6-5-10-11(13(12)20)7-17(14(10)21)18-15(22)8-3-1-2-4-9(8)16(18)23/h1-6,19-20H,7H2. The minimum absolute atomic E-state index is 0.150. The molecule has 7 heteroatoms. The van der Waals surface area contributed by atoms with Gasteiger partial charge in [-0.05, 0) is 24.3 Å². The van der Waals surface area contributed by atoms with Gasteiger partial charge in [-0.2, -0.15) is 5.01 Å². The monoisotopic (exact) mass is 310 g/mol. The van der Waals surface area contributed by atoms with E-state index in [0.717, 1.165) is 10.0 Å². The normalized spacial score (nSPS) is 16.1. The Bertz CT molecular complexity index is 870. The lowest BCUT2D eigenvalue weighted by Gasteiger charge is -2.25. The number of hydrogen-bond donors (Lipinski definition) is 2. The number of hydrogen-bond acceptors (Lipinski definition) is 5. The van der Waals surface area contributed by atoms with Crippen molar-refractivity contribution < 1.29 is 24.6 Å². The highest BCUT2D eigenvalue weighted by Crippen LogP contribution is 2.38. The summed E-state index contributed by atoms with van der Waals surface area (Å²) in [6.45, 7) is -0.167. The molecule has 0 saturated heterocycles. The molecule has 2 N–H and O–H groups in total. The molecule has 3 amide bonds. The average molecular weight is 310 g/mol. The van der Waals surface area contributed by atoms with E-state index in [1.54, 1.807) is 12.1 Å². The highest BCUT2D eigenvalue weighted by atomic mass is 16.3. The van der Waals surface area contributed by atoms with Gasteiger partial charge in [-0.25, -0.2) is 5.01 Å². The fourth-order valence-electron chi connectivity index (χ4n) is 2.90. The van der Waals surface area contributed by atoms with Gasteiger partial charge in [0, 0.05) is 5.56 Å². The summed E-state index contributed by atoms with van der Waals surface area (Å²) in [4.78, 5) is 37.4. The first-order valence-electron chi connectivity index (χ1n) is 6.84. The van der Waals surface area contributed by atoms with E-state index < -0.39 is 23.5 Å². The number of hydrazine groups is 1. The van der Waals surface area contributed by atoms with Crippen LogP contribution in [0, 0.1) is 0 Å². The van der Waals surface area contributed by atoms with Crippen LogP contribution in [0.3, 0.4) is 0 Å². The largest absolute Gasteiger partial charge is 0.504 e. The van der Waals surface area contributed by atoms with Gasteiger partial charge >= 0.3 is 0 Å². The van der Waals surface area contributed by atoms with E-state index in [1.807, 2.05) is 0 Å². The zero-order valence-electron chi connectivity index (χ0n) is 11.7. The maximum Gasteiger partial charge on any atom is 0.280 e. The van der Waals surface area contributed by atoms with E-state index in [1.165, 1.54) is 24.3 Å². The fourth-order valence-corrected chi connectivity index (χ4v) is 2.90. The third-order valence-electron chi connectivity index (χ3n) is 4.05. The van der Waals surface area contributed by atoms with Crippen molar-refractivity contribution in [3.63, 3.8) is 0 Å². The lowest BCUT2D eigenvalue weighted by molar-refractivity contribution is 0.00473. The number of benzene rings is 2. The molecule has 23 heavy (non-hydrogen) atoms. The predicted octanol–water partition coefficient (Wildman–Crippen LogP) is 1.26. The first-order valence-corrected chi connectivity index (χ1v) is 6.84. The zero-order chi connectivity index (χ0) is 16.3. The topological polar surface area (TPSA) is 98.2 Å². The lowest BCUT2D eigenvalue weighted by Crippen LogP contribution is -2.46. The molecule has 4 rings (SSSR count). The van der Waals surface area contributed by atoms with Gasteiger partial charge in [0.15, 0.2) is 11.5 Å². The van der Waals surface area contributed by atoms with Crippen LogP contribution in [0.1, 0.15) is 36.6 Å². The SMILES string of the molecule is O=C1c2ccc(O)c(O)c2CN1N1C(=O)c2ccccc2C1=O. The van der Waals surface area contributed by atoms with E-state index in [9.17, 15) is 24.6 Å². The summed E-state index contributed by atoms with van der Waals surface area (Å²) < 4.78 is 0. The van der Waals surface area contributed by atoms with Gasteiger partial charge in [0.05, 0.1) is 23.2 Å². The molecule has 114 valence electrons. The molecule has 0 radical (unpaired) electrons. The van der Waals surface area contributed by atoms with Gasteiger partial charge in [-0.3, -0.25) is 14.4 Å². The van der Waals surface area contributed by atoms with Crippen LogP contribution in [0.25, 0.3) is 0 Å². The minimum atomic E-state index is -0.588. The summed E-state index contributed by atoms with van der Waals surface area (Å²) in [6.07, 6.45) is 0. The molecule has 0 fully saturated rings. The summed E-state index contributed by atoms with van der Waals surface area (Å²) >= 11 is 0. The number of nitrogens with zero attached hydrogens (tertiary/aromatic N) is 2. The van der Waals surface area contributed by atoms with Crippen LogP contribution in [0.2, 0.25) is 0 Å². The number of aromatic hydroxyl groups is 2. The molecule has 0 saturated carbocycles. The second kappa shape index (κ2) is 4.33. The van der Waals surface area contributed by atoms with Crippen molar-refractivity contribution in [2.45, 2.75) is 6.54 Å². The molecular weight excluding hydrogens is 300 g/mol. The van der Waals surface area contributed by atoms with Gasteiger partial charge in [-0.1, -0.05) is 12.1 Å². The first kappa shape index (κ1) is 13.3. The molecule has 2 aromatic rings. The molecule has 7 nitrogen and oxygen atoms in total. The molecular formula is C16H10N2O5. The molecule has 0 spiro atoms. The van der Waals surface area contributed by atoms with Crippen LogP contribution in [0.4, 0.5) is 0 Å². The Labute approximate surface area is 129 Å². The van der Waals surface area contributed by atoms with Gasteiger partial charge < -0.3 is 10.2 Å². The molecule has 0 unspecified atom stereocenters. The summed E-state index contributed by atoms with van der Waals surface area (Å²) in [5.74, 6) is -2.54. The quantitative estimate of drug-likeness (QED) is 0.610. The van der Waals surface area contributed by atoms with Crippen LogP contribution < -0.4 is 0 Å². The lowest BCUT2D eigenvalue weighted by atomic mass is 10.1. The number of rotatable bonds is 1. The number of carbonyl (C=O) groups is 3. The summed E-state index contributed by atoms with van der Waals surface area (Å²) in [7, 11) is 0. The predicted molar refractivity (Wildman–Crippen MR) is 76.6 cm³/mol. The molecule has 2 heterocycles. The number of amides is 3. The highest BCUT2D eigenvalue weighted by molar-refractivity contribution is 6.22. The number of phenolic OH excluding ortho intramolecular Hbond substituents is 2. The summed E-state index contributed by atoms with van der Waals surface area (Å²) in [6, 6.07) is 8.86. The average Bonchev–Trinajstić information content (AvgIpc) is 3.00. The number of phenols is 2. The van der Waals surface area contributed by atoms with Crippen LogP contribution in [0.15, 0.2) is 36.4 Å². The highest BCUT2D eigenvalue weighted by Gasteiger charge is 2.45. The van der Waals surface area contributed by atoms with E-state index in [2.05, 4.69) is 0 Å². The Morgan fingerprint density at radius 3 is 2.00 bits per heavy atom. The molecule has 0 aliphatic carbocycles. The maximum atomic E-state index is 12.5. The maximum absolute atomic E-state index is 12.5. The van der Waals surface area contributed by atoms with Crippen LogP contribution in [-0.2, 0) is 6.54 Å². The van der Waals surface area contributed by atoms with E-state index in [4.69, 9.17) is 0 Å². The second-order valence-electron chi connectivity index (χ2n) is 5.29. The summed E-state index contributed by atoms with van der Waals surface area (Å²) in [5.41, 5.74) is 0.796. The van der Waals surface area contributed by atoms with E-state index >= 15 is 0 Å². The van der Waals surface area contributed by atoms with Crippen molar-refractivity contribution >= 4 is 17.7 Å². The smallest absolute Gasteiger partial charge is 0.280 e. The molecule has 0 aromatic heterocycles.